The van der Waals surface area contributed by atoms with Crippen molar-refractivity contribution in [1.29, 1.82) is 0 Å². The third-order valence-electron chi connectivity index (χ3n) is 3.51. The molecule has 112 valence electrons. The molecule has 21 heavy (non-hydrogen) atoms. The van der Waals surface area contributed by atoms with Crippen LogP contribution in [0.1, 0.15) is 31.6 Å². The van der Waals surface area contributed by atoms with Crippen molar-refractivity contribution in [3.05, 3.63) is 24.3 Å². The summed E-state index contributed by atoms with van der Waals surface area (Å²) in [5.41, 5.74) is 0.601. The van der Waals surface area contributed by atoms with Crippen molar-refractivity contribution in [2.24, 2.45) is 0 Å². The van der Waals surface area contributed by atoms with E-state index in [-0.39, 0.29) is 17.7 Å². The van der Waals surface area contributed by atoms with Crippen molar-refractivity contribution in [3.8, 4) is 0 Å². The Labute approximate surface area is 117 Å². The quantitative estimate of drug-likeness (QED) is 0.800. The van der Waals surface area contributed by atoms with Gasteiger partial charge >= 0.3 is 12.1 Å². The monoisotopic (exact) mass is 299 g/mol. The number of carbonyl (C=O) groups is 1. The Balaban J connectivity index is 1.96. The van der Waals surface area contributed by atoms with E-state index in [0.717, 1.165) is 4.57 Å². The van der Waals surface area contributed by atoms with Gasteiger partial charge in [0.2, 0.25) is 5.82 Å². The van der Waals surface area contributed by atoms with Gasteiger partial charge in [0, 0.05) is 32.0 Å². The molecule has 2 aromatic rings. The predicted octanol–water partition coefficient (Wildman–Crippen LogP) is 2.72. The molecule has 1 fully saturated rings. The molecule has 0 unspecified atom stereocenters. The van der Waals surface area contributed by atoms with Crippen LogP contribution in [0.3, 0.4) is 0 Å². The molecular weight excluding hydrogens is 287 g/mol. The van der Waals surface area contributed by atoms with Crippen LogP contribution < -0.4 is 0 Å². The van der Waals surface area contributed by atoms with E-state index in [1.165, 1.54) is 25.4 Å². The predicted molar refractivity (Wildman–Crippen MR) is 66.4 cm³/mol. The normalized spacial score (nSPS) is 22.1. The molecule has 5 nitrogen and oxygen atoms in total. The van der Waals surface area contributed by atoms with E-state index in [0.29, 0.717) is 18.4 Å². The lowest BCUT2D eigenvalue weighted by Gasteiger charge is -2.36. The summed E-state index contributed by atoms with van der Waals surface area (Å²) in [6, 6.07) is 1.06. The minimum absolute atomic E-state index is 0.258. The molecular formula is C13H12F3N3O2. The molecule has 0 bridgehead atoms. The van der Waals surface area contributed by atoms with Crippen LogP contribution in [0.25, 0.3) is 11.0 Å². The van der Waals surface area contributed by atoms with E-state index < -0.39 is 18.0 Å². The number of nitrogens with zero attached hydrogens (tertiary/aromatic N) is 3. The fourth-order valence-corrected chi connectivity index (χ4v) is 2.59. The maximum Gasteiger partial charge on any atom is 0.449 e. The summed E-state index contributed by atoms with van der Waals surface area (Å²) in [7, 11) is 0. The average molecular weight is 299 g/mol. The zero-order valence-corrected chi connectivity index (χ0v) is 11.1. The number of ether oxygens (including phenoxy) is 1. The van der Waals surface area contributed by atoms with E-state index in [9.17, 15) is 18.0 Å². The number of alkyl halides is 3. The van der Waals surface area contributed by atoms with E-state index >= 15 is 0 Å². The summed E-state index contributed by atoms with van der Waals surface area (Å²) < 4.78 is 45.5. The molecule has 1 saturated carbocycles. The van der Waals surface area contributed by atoms with Crippen LogP contribution >= 0.6 is 0 Å². The summed E-state index contributed by atoms with van der Waals surface area (Å²) in [5.74, 6) is -1.36. The standard InChI is InChI=1S/C13H12F3N3O2/c1-7(20)21-9-4-8(5-9)19-11-6-17-3-2-10(11)18-12(19)13(14,15)16/h2-3,6,8-9H,4-5H2,1H3. The summed E-state index contributed by atoms with van der Waals surface area (Å²) in [6.45, 7) is 1.28. The van der Waals surface area contributed by atoms with Crippen LogP contribution in [-0.2, 0) is 15.7 Å². The number of imidazole rings is 1. The lowest BCUT2D eigenvalue weighted by Crippen LogP contribution is -2.36. The fraction of sp³-hybridized carbons (Fsp3) is 0.462. The first-order chi connectivity index (χ1) is 9.86. The molecule has 8 heteroatoms. The first kappa shape index (κ1) is 13.8. The molecule has 1 aliphatic rings. The maximum atomic E-state index is 13.1. The van der Waals surface area contributed by atoms with Gasteiger partial charge in [0.15, 0.2) is 0 Å². The van der Waals surface area contributed by atoms with Crippen molar-refractivity contribution in [1.82, 2.24) is 14.5 Å². The van der Waals surface area contributed by atoms with Gasteiger partial charge in [0.1, 0.15) is 6.10 Å². The van der Waals surface area contributed by atoms with Gasteiger partial charge < -0.3 is 9.30 Å². The van der Waals surface area contributed by atoms with Crippen molar-refractivity contribution in [2.45, 2.75) is 38.1 Å². The second kappa shape index (κ2) is 4.71. The third kappa shape index (κ3) is 2.45. The Bertz CT molecular complexity index is 690. The number of esters is 1. The highest BCUT2D eigenvalue weighted by Crippen LogP contribution is 2.41. The van der Waals surface area contributed by atoms with Gasteiger partial charge in [-0.3, -0.25) is 9.78 Å². The fourth-order valence-electron chi connectivity index (χ4n) is 2.59. The van der Waals surface area contributed by atoms with Gasteiger partial charge in [-0.25, -0.2) is 4.98 Å². The Kier molecular flexibility index (Phi) is 3.11. The van der Waals surface area contributed by atoms with Gasteiger partial charge in [-0.1, -0.05) is 0 Å². The molecule has 0 N–H and O–H groups in total. The highest BCUT2D eigenvalue weighted by molar-refractivity contribution is 5.75. The molecule has 0 saturated heterocycles. The number of fused-ring (bicyclic) bond motifs is 1. The first-order valence-electron chi connectivity index (χ1n) is 6.42. The molecule has 0 atom stereocenters. The molecule has 2 aromatic heterocycles. The number of carbonyl (C=O) groups excluding carboxylic acids is 1. The van der Waals surface area contributed by atoms with Crippen LogP contribution in [0.2, 0.25) is 0 Å². The van der Waals surface area contributed by atoms with Crippen LogP contribution in [-0.4, -0.2) is 26.6 Å². The van der Waals surface area contributed by atoms with Gasteiger partial charge in [-0.05, 0) is 6.07 Å². The lowest BCUT2D eigenvalue weighted by atomic mass is 9.88. The summed E-state index contributed by atoms with van der Waals surface area (Å²) >= 11 is 0. The van der Waals surface area contributed by atoms with Gasteiger partial charge in [-0.15, -0.1) is 0 Å². The van der Waals surface area contributed by atoms with Gasteiger partial charge in [0.25, 0.3) is 0 Å². The SMILES string of the molecule is CC(=O)OC1CC(n2c(C(F)(F)F)nc3ccncc32)C1. The minimum atomic E-state index is -4.54. The number of hydrogen-bond acceptors (Lipinski definition) is 4. The zero-order valence-electron chi connectivity index (χ0n) is 11.1. The maximum absolute atomic E-state index is 13.1. The molecule has 0 amide bonds. The van der Waals surface area contributed by atoms with Gasteiger partial charge in [0.05, 0.1) is 17.2 Å². The smallest absolute Gasteiger partial charge is 0.449 e. The summed E-state index contributed by atoms with van der Waals surface area (Å²) in [5, 5.41) is 0. The van der Waals surface area contributed by atoms with Gasteiger partial charge in [-0.2, -0.15) is 13.2 Å². The van der Waals surface area contributed by atoms with Crippen LogP contribution in [0, 0.1) is 0 Å². The second-order valence-corrected chi connectivity index (χ2v) is 5.02. The number of pyridine rings is 1. The molecule has 0 radical (unpaired) electrons. The van der Waals surface area contributed by atoms with Crippen molar-refractivity contribution in [3.63, 3.8) is 0 Å². The molecule has 1 aliphatic carbocycles. The van der Waals surface area contributed by atoms with Crippen LogP contribution in [0.5, 0.6) is 0 Å². The largest absolute Gasteiger partial charge is 0.462 e. The number of rotatable bonds is 2. The van der Waals surface area contributed by atoms with Crippen molar-refractivity contribution in [2.75, 3.05) is 0 Å². The molecule has 0 aromatic carbocycles. The van der Waals surface area contributed by atoms with Crippen molar-refractivity contribution < 1.29 is 22.7 Å². The Morgan fingerprint density at radius 3 is 2.76 bits per heavy atom. The average Bonchev–Trinajstić information content (AvgIpc) is 2.72. The zero-order chi connectivity index (χ0) is 15.2. The molecule has 3 rings (SSSR count). The lowest BCUT2D eigenvalue weighted by molar-refractivity contribution is -0.157. The third-order valence-corrected chi connectivity index (χ3v) is 3.51. The number of aromatic nitrogens is 3. The highest BCUT2D eigenvalue weighted by atomic mass is 19.4. The first-order valence-corrected chi connectivity index (χ1v) is 6.42. The van der Waals surface area contributed by atoms with E-state index in [2.05, 4.69) is 9.97 Å². The number of halogens is 3. The summed E-state index contributed by atoms with van der Waals surface area (Å²) in [4.78, 5) is 18.4. The number of hydrogen-bond donors (Lipinski definition) is 0. The Morgan fingerprint density at radius 1 is 1.43 bits per heavy atom. The second-order valence-electron chi connectivity index (χ2n) is 5.02. The Hall–Kier alpha value is -2.12. The van der Waals surface area contributed by atoms with E-state index in [4.69, 9.17) is 4.74 Å². The van der Waals surface area contributed by atoms with Crippen LogP contribution in [0.4, 0.5) is 13.2 Å². The van der Waals surface area contributed by atoms with E-state index in [1.54, 1.807) is 0 Å². The minimum Gasteiger partial charge on any atom is -0.462 e. The molecule has 2 heterocycles. The van der Waals surface area contributed by atoms with Crippen molar-refractivity contribution >= 4 is 17.0 Å². The molecule has 0 aliphatic heterocycles. The van der Waals surface area contributed by atoms with Crippen LogP contribution in [0.15, 0.2) is 18.5 Å². The van der Waals surface area contributed by atoms with E-state index in [1.807, 2.05) is 0 Å². The Morgan fingerprint density at radius 2 is 2.14 bits per heavy atom. The topological polar surface area (TPSA) is 57.0 Å². The summed E-state index contributed by atoms with van der Waals surface area (Å²) in [6.07, 6.45) is -1.39. The molecule has 0 spiro atoms. The highest BCUT2D eigenvalue weighted by Gasteiger charge is 2.43.